The predicted octanol–water partition coefficient (Wildman–Crippen LogP) is 4.34. The average Bonchev–Trinajstić information content (AvgIpc) is 3.23. The minimum Gasteiger partial charge on any atom is -0.411 e. The minimum absolute atomic E-state index is 0.153. The summed E-state index contributed by atoms with van der Waals surface area (Å²) in [6.45, 7) is -0.345. The van der Waals surface area contributed by atoms with Crippen LogP contribution in [0, 0.1) is 12.3 Å². The maximum atomic E-state index is 8.80. The summed E-state index contributed by atoms with van der Waals surface area (Å²) in [5.74, 6) is 2.37. The van der Waals surface area contributed by atoms with Gasteiger partial charge >= 0.3 is 0 Å². The lowest BCUT2D eigenvalue weighted by atomic mass is 10.2. The van der Waals surface area contributed by atoms with E-state index in [1.165, 1.54) is 18.6 Å². The van der Waals surface area contributed by atoms with Gasteiger partial charge in [-0.25, -0.2) is 9.97 Å². The van der Waals surface area contributed by atoms with Gasteiger partial charge < -0.3 is 19.9 Å². The van der Waals surface area contributed by atoms with Crippen molar-refractivity contribution in [1.82, 2.24) is 15.1 Å². The molecule has 3 N–H and O–H groups in total. The molecule has 3 rings (SSSR count). The van der Waals surface area contributed by atoms with E-state index in [9.17, 15) is 0 Å². The van der Waals surface area contributed by atoms with Crippen molar-refractivity contribution in [3.05, 3.63) is 62.3 Å². The Labute approximate surface area is 191 Å². The highest BCUT2D eigenvalue weighted by molar-refractivity contribution is 6.41. The maximum absolute atomic E-state index is 8.80. The zero-order chi connectivity index (χ0) is 22.5. The first kappa shape index (κ1) is 25.7. The number of terminal acetylenes is 1. The van der Waals surface area contributed by atoms with Gasteiger partial charge in [-0.1, -0.05) is 62.6 Å². The second-order valence-corrected chi connectivity index (χ2v) is 6.51. The second-order valence-electron chi connectivity index (χ2n) is 4.98. The van der Waals surface area contributed by atoms with Gasteiger partial charge in [0.05, 0.1) is 16.3 Å². The van der Waals surface area contributed by atoms with E-state index in [-0.39, 0.29) is 23.5 Å². The van der Waals surface area contributed by atoms with Crippen LogP contribution in [0.4, 0.5) is 0 Å². The first-order valence-electron chi connectivity index (χ1n) is 7.76. The third-order valence-corrected chi connectivity index (χ3v) is 4.29. The number of rotatable bonds is 3. The van der Waals surface area contributed by atoms with Gasteiger partial charge in [0.2, 0.25) is 0 Å². The topological polar surface area (TPSA) is 125 Å². The molecule has 0 radical (unpaired) electrons. The largest absolute Gasteiger partial charge is 0.411 e. The van der Waals surface area contributed by atoms with E-state index in [0.29, 0.717) is 32.6 Å². The van der Waals surface area contributed by atoms with Gasteiger partial charge in [-0.3, -0.25) is 0 Å². The Hall–Kier alpha value is -2.38. The summed E-state index contributed by atoms with van der Waals surface area (Å²) < 4.78 is 4.83. The SMILES string of the molecule is C#CCO.O/N=C/c1cnc(Cl)c(Cl)c1.OCc1cc(-c2cnc(Cl)c(Cl)c2)no1. The Morgan fingerprint density at radius 3 is 2.10 bits per heavy atom. The lowest BCUT2D eigenvalue weighted by Crippen LogP contribution is -1.84. The summed E-state index contributed by atoms with van der Waals surface area (Å²) >= 11 is 22.6. The molecule has 0 spiro atoms. The van der Waals surface area contributed by atoms with E-state index in [2.05, 4.69) is 26.7 Å². The van der Waals surface area contributed by atoms with Crippen molar-refractivity contribution in [3.63, 3.8) is 0 Å². The molecule has 30 heavy (non-hydrogen) atoms. The third kappa shape index (κ3) is 8.55. The molecule has 158 valence electrons. The molecule has 0 aromatic carbocycles. The van der Waals surface area contributed by atoms with E-state index >= 15 is 0 Å². The van der Waals surface area contributed by atoms with Gasteiger partial charge in [0.15, 0.2) is 5.76 Å². The van der Waals surface area contributed by atoms with Crippen molar-refractivity contribution in [3.8, 4) is 23.6 Å². The molecule has 0 fully saturated rings. The molecule has 12 heteroatoms. The molecule has 3 heterocycles. The normalized spacial score (nSPS) is 9.90. The molecule has 0 aliphatic rings. The molecule has 8 nitrogen and oxygen atoms in total. The van der Waals surface area contributed by atoms with Crippen LogP contribution in [0.1, 0.15) is 11.3 Å². The first-order chi connectivity index (χ1) is 14.4. The standard InChI is InChI=1S/C9H6Cl2N2O2.C6H4Cl2N2O.C3H4O/c10-7-1-5(3-12-9(7)11)8-2-6(4-14)15-13-8;7-5-1-4(3-10-11)2-9-6(5)8;1-2-3-4/h1-3,14H,4H2;1-3,11H;1,4H,3H2/b;10-3+;. The molecule has 3 aromatic rings. The second kappa shape index (κ2) is 13.8. The minimum atomic E-state index is -0.193. The highest BCUT2D eigenvalue weighted by Crippen LogP contribution is 2.26. The molecular formula is C18H14Cl4N4O4. The van der Waals surface area contributed by atoms with Crippen LogP contribution in [-0.4, -0.2) is 43.4 Å². The lowest BCUT2D eigenvalue weighted by Gasteiger charge is -1.97. The molecule has 0 saturated carbocycles. The molecule has 0 atom stereocenters. The van der Waals surface area contributed by atoms with Crippen LogP contribution in [0.15, 0.2) is 40.3 Å². The van der Waals surface area contributed by atoms with Crippen molar-refractivity contribution in [2.75, 3.05) is 6.61 Å². The van der Waals surface area contributed by atoms with Crippen molar-refractivity contribution in [2.24, 2.45) is 5.16 Å². The first-order valence-corrected chi connectivity index (χ1v) is 9.28. The number of nitrogens with zero attached hydrogens (tertiary/aromatic N) is 4. The number of halogens is 4. The lowest BCUT2D eigenvalue weighted by molar-refractivity contribution is 0.229. The molecule has 0 bridgehead atoms. The number of aliphatic hydroxyl groups is 2. The summed E-state index contributed by atoms with van der Waals surface area (Å²) in [6.07, 6.45) is 8.73. The van der Waals surface area contributed by atoms with Crippen molar-refractivity contribution >= 4 is 52.6 Å². The average molecular weight is 492 g/mol. The zero-order valence-corrected chi connectivity index (χ0v) is 18.0. The van der Waals surface area contributed by atoms with E-state index in [1.807, 2.05) is 5.92 Å². The van der Waals surface area contributed by atoms with Crippen LogP contribution in [0.3, 0.4) is 0 Å². The number of hydrogen-bond acceptors (Lipinski definition) is 8. The highest BCUT2D eigenvalue weighted by atomic mass is 35.5. The van der Waals surface area contributed by atoms with Gasteiger partial charge in [0, 0.05) is 29.6 Å². The molecule has 0 amide bonds. The molecule has 0 aliphatic heterocycles. The van der Waals surface area contributed by atoms with Gasteiger partial charge in [-0.2, -0.15) is 0 Å². The Balaban J connectivity index is 0.000000264. The number of aliphatic hydroxyl groups excluding tert-OH is 2. The van der Waals surface area contributed by atoms with Gasteiger partial charge in [-0.15, -0.1) is 6.42 Å². The monoisotopic (exact) mass is 490 g/mol. The Bertz CT molecular complexity index is 1020. The van der Waals surface area contributed by atoms with Crippen LogP contribution in [0.25, 0.3) is 11.3 Å². The fourth-order valence-corrected chi connectivity index (χ4v) is 2.21. The van der Waals surface area contributed by atoms with Crippen LogP contribution >= 0.6 is 46.4 Å². The summed E-state index contributed by atoms with van der Waals surface area (Å²) in [5.41, 5.74) is 1.85. The maximum Gasteiger partial charge on any atom is 0.162 e. The molecule has 0 unspecified atom stereocenters. The molecular weight excluding hydrogens is 478 g/mol. The van der Waals surface area contributed by atoms with Crippen molar-refractivity contribution < 1.29 is 19.9 Å². The molecule has 0 aliphatic carbocycles. The number of aromatic nitrogens is 3. The van der Waals surface area contributed by atoms with E-state index in [0.717, 1.165) is 0 Å². The van der Waals surface area contributed by atoms with Crippen LogP contribution in [0.5, 0.6) is 0 Å². The van der Waals surface area contributed by atoms with Gasteiger partial charge in [0.25, 0.3) is 0 Å². The Morgan fingerprint density at radius 1 is 1.03 bits per heavy atom. The van der Waals surface area contributed by atoms with Crippen LogP contribution in [0.2, 0.25) is 20.4 Å². The van der Waals surface area contributed by atoms with Gasteiger partial charge in [0.1, 0.15) is 29.2 Å². The summed E-state index contributed by atoms with van der Waals surface area (Å²) in [7, 11) is 0. The number of pyridine rings is 2. The van der Waals surface area contributed by atoms with Crippen LogP contribution in [-0.2, 0) is 6.61 Å². The van der Waals surface area contributed by atoms with Crippen molar-refractivity contribution in [1.29, 1.82) is 0 Å². The predicted molar refractivity (Wildman–Crippen MR) is 115 cm³/mol. The molecule has 3 aromatic heterocycles. The fourth-order valence-electron chi connectivity index (χ4n) is 1.66. The quantitative estimate of drug-likeness (QED) is 0.163. The van der Waals surface area contributed by atoms with E-state index in [4.69, 9.17) is 66.3 Å². The summed E-state index contributed by atoms with van der Waals surface area (Å²) in [5, 5.41) is 32.3. The van der Waals surface area contributed by atoms with E-state index in [1.54, 1.807) is 18.2 Å². The zero-order valence-electron chi connectivity index (χ0n) is 15.0. The van der Waals surface area contributed by atoms with Gasteiger partial charge in [-0.05, 0) is 12.1 Å². The smallest absolute Gasteiger partial charge is 0.162 e. The fraction of sp³-hybridized carbons (Fsp3) is 0.111. The van der Waals surface area contributed by atoms with Crippen molar-refractivity contribution in [2.45, 2.75) is 6.61 Å². The summed E-state index contributed by atoms with van der Waals surface area (Å²) in [4.78, 5) is 7.61. The van der Waals surface area contributed by atoms with E-state index < -0.39 is 0 Å². The Kier molecular flexibility index (Phi) is 11.8. The van der Waals surface area contributed by atoms with Crippen LogP contribution < -0.4 is 0 Å². The number of oxime groups is 1. The third-order valence-electron chi connectivity index (χ3n) is 2.92. The number of hydrogen-bond donors (Lipinski definition) is 3. The molecule has 0 saturated heterocycles. The Morgan fingerprint density at radius 2 is 1.63 bits per heavy atom. The highest BCUT2D eigenvalue weighted by Gasteiger charge is 2.08. The summed E-state index contributed by atoms with van der Waals surface area (Å²) in [6, 6.07) is 4.80.